The Kier molecular flexibility index (Phi) is 10.2. The summed E-state index contributed by atoms with van der Waals surface area (Å²) in [4.78, 5) is 39.4. The Labute approximate surface area is 250 Å². The van der Waals surface area contributed by atoms with Crippen LogP contribution in [-0.2, 0) is 9.59 Å². The summed E-state index contributed by atoms with van der Waals surface area (Å²) >= 11 is 13.6. The molecule has 0 saturated carbocycles. The average Bonchev–Trinajstić information content (AvgIpc) is 2.96. The molecule has 0 radical (unpaired) electrons. The van der Waals surface area contributed by atoms with Crippen molar-refractivity contribution in [1.82, 2.24) is 5.32 Å². The van der Waals surface area contributed by atoms with Crippen LogP contribution in [0.3, 0.4) is 0 Å². The van der Waals surface area contributed by atoms with Gasteiger partial charge in [-0.25, -0.2) is 4.39 Å². The van der Waals surface area contributed by atoms with Crippen LogP contribution in [0.4, 0.5) is 15.8 Å². The van der Waals surface area contributed by atoms with E-state index in [1.165, 1.54) is 42.1 Å². The number of hydrogen-bond donors (Lipinski definition) is 3. The quantitative estimate of drug-likeness (QED) is 0.135. The van der Waals surface area contributed by atoms with E-state index in [1.807, 2.05) is 0 Å². The van der Waals surface area contributed by atoms with Crippen LogP contribution >= 0.6 is 35.0 Å². The Morgan fingerprint density at radius 1 is 0.829 bits per heavy atom. The Morgan fingerprint density at radius 2 is 1.46 bits per heavy atom. The molecule has 0 fully saturated rings. The molecular formula is C31H24Cl2FN3O3S. The molecule has 0 heterocycles. The molecule has 0 aliphatic heterocycles. The molecule has 4 rings (SSSR count). The molecule has 0 saturated heterocycles. The molecule has 0 aliphatic carbocycles. The second-order valence-electron chi connectivity index (χ2n) is 8.78. The number of carbonyl (C=O) groups excluding carboxylic acids is 3. The van der Waals surface area contributed by atoms with Crippen LogP contribution in [0.2, 0.25) is 10.0 Å². The topological polar surface area (TPSA) is 87.3 Å². The van der Waals surface area contributed by atoms with Gasteiger partial charge in [0.05, 0.1) is 5.25 Å². The first-order valence-corrected chi connectivity index (χ1v) is 14.0. The summed E-state index contributed by atoms with van der Waals surface area (Å²) < 4.78 is 13.1. The fraction of sp³-hybridized carbons (Fsp3) is 0.0645. The smallest absolute Gasteiger partial charge is 0.272 e. The van der Waals surface area contributed by atoms with E-state index in [4.69, 9.17) is 23.2 Å². The van der Waals surface area contributed by atoms with Crippen molar-refractivity contribution in [1.29, 1.82) is 0 Å². The van der Waals surface area contributed by atoms with E-state index in [-0.39, 0.29) is 17.4 Å². The molecule has 3 N–H and O–H groups in total. The largest absolute Gasteiger partial charge is 0.325 e. The molecule has 0 aliphatic rings. The Hall–Kier alpha value is -4.11. The van der Waals surface area contributed by atoms with Crippen molar-refractivity contribution in [3.8, 4) is 0 Å². The molecule has 10 heteroatoms. The van der Waals surface area contributed by atoms with Gasteiger partial charge in [0.15, 0.2) is 0 Å². The number of thioether (sulfide) groups is 1. The molecule has 0 bridgehead atoms. The average molecular weight is 609 g/mol. The number of rotatable bonds is 9. The van der Waals surface area contributed by atoms with Crippen molar-refractivity contribution in [3.63, 3.8) is 0 Å². The van der Waals surface area contributed by atoms with Gasteiger partial charge in [-0.2, -0.15) is 0 Å². The lowest BCUT2D eigenvalue weighted by Crippen LogP contribution is -2.30. The molecule has 208 valence electrons. The third kappa shape index (κ3) is 8.69. The van der Waals surface area contributed by atoms with Crippen LogP contribution < -0.4 is 16.0 Å². The van der Waals surface area contributed by atoms with Crippen LogP contribution in [0.15, 0.2) is 108 Å². The Balaban J connectivity index is 1.45. The molecular weight excluding hydrogens is 584 g/mol. The highest BCUT2D eigenvalue weighted by molar-refractivity contribution is 8.00. The van der Waals surface area contributed by atoms with Gasteiger partial charge in [0, 0.05) is 31.9 Å². The van der Waals surface area contributed by atoms with Crippen molar-refractivity contribution >= 4 is 70.1 Å². The van der Waals surface area contributed by atoms with Gasteiger partial charge < -0.3 is 16.0 Å². The van der Waals surface area contributed by atoms with Gasteiger partial charge >= 0.3 is 0 Å². The van der Waals surface area contributed by atoms with Gasteiger partial charge in [0.2, 0.25) is 5.91 Å². The summed E-state index contributed by atoms with van der Waals surface area (Å²) in [5.41, 5.74) is 1.84. The fourth-order valence-corrected chi connectivity index (χ4v) is 4.90. The van der Waals surface area contributed by atoms with Crippen LogP contribution in [0, 0.1) is 5.82 Å². The molecule has 3 amide bonds. The Morgan fingerprint density at radius 3 is 2.12 bits per heavy atom. The zero-order valence-corrected chi connectivity index (χ0v) is 24.0. The summed E-state index contributed by atoms with van der Waals surface area (Å²) in [7, 11) is 0. The number of halogens is 3. The molecule has 4 aromatic rings. The first-order chi connectivity index (χ1) is 19.7. The van der Waals surface area contributed by atoms with Gasteiger partial charge in [-0.05, 0) is 91.4 Å². The summed E-state index contributed by atoms with van der Waals surface area (Å²) in [6.07, 6.45) is 1.47. The SMILES string of the molecule is CC(Sc1ccc(NC(=O)/C(=C/c2ccc(Cl)cc2Cl)NC(=O)c2ccccc2)cc1)C(=O)Nc1ccc(F)cc1. The van der Waals surface area contributed by atoms with E-state index in [9.17, 15) is 18.8 Å². The second kappa shape index (κ2) is 14.0. The second-order valence-corrected chi connectivity index (χ2v) is 11.0. The van der Waals surface area contributed by atoms with E-state index in [2.05, 4.69) is 16.0 Å². The lowest BCUT2D eigenvalue weighted by atomic mass is 10.1. The van der Waals surface area contributed by atoms with Gasteiger partial charge in [0.1, 0.15) is 11.5 Å². The first-order valence-electron chi connectivity index (χ1n) is 12.4. The molecule has 0 spiro atoms. The molecule has 0 aromatic heterocycles. The van der Waals surface area contributed by atoms with Gasteiger partial charge in [-0.1, -0.05) is 47.5 Å². The number of hydrogen-bond acceptors (Lipinski definition) is 4. The maximum absolute atomic E-state index is 13.3. The third-order valence-electron chi connectivity index (χ3n) is 5.70. The van der Waals surface area contributed by atoms with Crippen molar-refractivity contribution in [2.24, 2.45) is 0 Å². The predicted octanol–water partition coefficient (Wildman–Crippen LogP) is 7.66. The highest BCUT2D eigenvalue weighted by Gasteiger charge is 2.17. The minimum absolute atomic E-state index is 0.0207. The molecule has 41 heavy (non-hydrogen) atoms. The number of benzene rings is 4. The minimum atomic E-state index is -0.562. The van der Waals surface area contributed by atoms with Crippen molar-refractivity contribution in [2.45, 2.75) is 17.1 Å². The van der Waals surface area contributed by atoms with Gasteiger partial charge in [-0.3, -0.25) is 14.4 Å². The molecule has 1 unspecified atom stereocenters. The number of amides is 3. The normalized spacial score (nSPS) is 11.9. The van der Waals surface area contributed by atoms with E-state index >= 15 is 0 Å². The zero-order chi connectivity index (χ0) is 29.4. The molecule has 1 atom stereocenters. The molecule has 4 aromatic carbocycles. The van der Waals surface area contributed by atoms with Crippen LogP contribution in [0.1, 0.15) is 22.8 Å². The lowest BCUT2D eigenvalue weighted by molar-refractivity contribution is -0.115. The molecule has 6 nitrogen and oxygen atoms in total. The number of carbonyl (C=O) groups is 3. The summed E-state index contributed by atoms with van der Waals surface area (Å²) in [6.45, 7) is 1.76. The highest BCUT2D eigenvalue weighted by Crippen LogP contribution is 2.27. The monoisotopic (exact) mass is 607 g/mol. The van der Waals surface area contributed by atoms with E-state index in [0.717, 1.165) is 4.90 Å². The van der Waals surface area contributed by atoms with Gasteiger partial charge in [-0.15, -0.1) is 11.8 Å². The zero-order valence-electron chi connectivity index (χ0n) is 21.7. The van der Waals surface area contributed by atoms with Crippen molar-refractivity contribution < 1.29 is 18.8 Å². The van der Waals surface area contributed by atoms with E-state index in [1.54, 1.807) is 79.7 Å². The fourth-order valence-electron chi connectivity index (χ4n) is 3.57. The Bertz CT molecular complexity index is 1580. The summed E-state index contributed by atoms with van der Waals surface area (Å²) in [5, 5.41) is 8.51. The summed E-state index contributed by atoms with van der Waals surface area (Å²) in [6, 6.07) is 25.8. The standard InChI is InChI=1S/C31H24Cl2FN3O3S/c1-19(29(38)35-24-11-9-23(34)10-12-24)41-26-15-13-25(14-16-26)36-31(40)28(17-21-7-8-22(32)18-27(21)33)37-30(39)20-5-3-2-4-6-20/h2-19H,1H3,(H,35,38)(H,36,40)(H,37,39)/b28-17-. The number of anilines is 2. The maximum Gasteiger partial charge on any atom is 0.272 e. The third-order valence-corrected chi connectivity index (χ3v) is 7.37. The van der Waals surface area contributed by atoms with E-state index in [0.29, 0.717) is 32.5 Å². The predicted molar refractivity (Wildman–Crippen MR) is 164 cm³/mol. The maximum atomic E-state index is 13.3. The van der Waals surface area contributed by atoms with Crippen molar-refractivity contribution in [3.05, 3.63) is 130 Å². The number of nitrogens with one attached hydrogen (secondary N) is 3. The van der Waals surface area contributed by atoms with Crippen LogP contribution in [0.25, 0.3) is 6.08 Å². The first kappa shape index (κ1) is 29.9. The van der Waals surface area contributed by atoms with Crippen LogP contribution in [-0.4, -0.2) is 23.0 Å². The van der Waals surface area contributed by atoms with E-state index < -0.39 is 17.1 Å². The van der Waals surface area contributed by atoms with Crippen LogP contribution in [0.5, 0.6) is 0 Å². The summed E-state index contributed by atoms with van der Waals surface area (Å²) in [5.74, 6) is -1.64. The van der Waals surface area contributed by atoms with Gasteiger partial charge in [0.25, 0.3) is 11.8 Å². The lowest BCUT2D eigenvalue weighted by Gasteiger charge is -2.14. The highest BCUT2D eigenvalue weighted by atomic mass is 35.5. The minimum Gasteiger partial charge on any atom is -0.325 e. The van der Waals surface area contributed by atoms with Crippen molar-refractivity contribution in [2.75, 3.05) is 10.6 Å².